The number of nitrogens with zero attached hydrogens (tertiary/aromatic N) is 2. The molecule has 0 radical (unpaired) electrons. The number of nitrogens with one attached hydrogen (secondary N) is 1. The average molecular weight is 344 g/mol. The normalized spacial score (nSPS) is 17.5. The summed E-state index contributed by atoms with van der Waals surface area (Å²) in [6.45, 7) is 2.50. The maximum Gasteiger partial charge on any atom is 0.254 e. The van der Waals surface area contributed by atoms with Crippen LogP contribution in [0.2, 0.25) is 0 Å². The van der Waals surface area contributed by atoms with Gasteiger partial charge in [-0.05, 0) is 54.0 Å². The number of carbonyl (C=O) groups excluding carboxylic acids is 1. The van der Waals surface area contributed by atoms with Crippen molar-refractivity contribution in [3.8, 4) is 0 Å². The minimum Gasteiger partial charge on any atom is -0.294 e. The molecule has 1 aliphatic heterocycles. The van der Waals surface area contributed by atoms with Gasteiger partial charge in [0.2, 0.25) is 0 Å². The molecule has 0 aliphatic carbocycles. The highest BCUT2D eigenvalue weighted by atomic mass is 79.9. The van der Waals surface area contributed by atoms with Crippen molar-refractivity contribution in [2.45, 2.75) is 25.7 Å². The minimum atomic E-state index is -0.0335. The molecule has 2 heterocycles. The summed E-state index contributed by atoms with van der Waals surface area (Å²) in [5.41, 5.74) is 2.59. The first-order valence-electron chi connectivity index (χ1n) is 6.53. The number of carbonyl (C=O) groups is 1. The molecule has 2 rings (SSSR count). The molecule has 0 unspecified atom stereocenters. The van der Waals surface area contributed by atoms with Crippen molar-refractivity contribution in [1.29, 1.82) is 0 Å². The van der Waals surface area contributed by atoms with Crippen molar-refractivity contribution < 1.29 is 4.79 Å². The van der Waals surface area contributed by atoms with Crippen LogP contribution < -0.4 is 5.43 Å². The Morgan fingerprint density at radius 1 is 1.37 bits per heavy atom. The Labute approximate surface area is 126 Å². The third kappa shape index (κ3) is 5.42. The molecule has 4 nitrogen and oxygen atoms in total. The van der Waals surface area contributed by atoms with Gasteiger partial charge in [0.25, 0.3) is 5.91 Å². The zero-order valence-electron chi connectivity index (χ0n) is 10.8. The third-order valence-corrected chi connectivity index (χ3v) is 4.60. The van der Waals surface area contributed by atoms with E-state index in [9.17, 15) is 4.79 Å². The first-order valence-corrected chi connectivity index (χ1v) is 8.14. The van der Waals surface area contributed by atoms with Crippen LogP contribution in [0.25, 0.3) is 0 Å². The molecule has 0 atom stereocenters. The summed E-state index contributed by atoms with van der Waals surface area (Å²) in [4.78, 5) is 15.0. The number of rotatable bonds is 4. The van der Waals surface area contributed by atoms with E-state index in [0.29, 0.717) is 6.54 Å². The van der Waals surface area contributed by atoms with E-state index in [-0.39, 0.29) is 5.91 Å². The fraction of sp³-hybridized carbons (Fsp3) is 0.538. The Bertz CT molecular complexity index is 439. The van der Waals surface area contributed by atoms with Gasteiger partial charge in [-0.15, -0.1) is 11.3 Å². The molecule has 1 aromatic heterocycles. The van der Waals surface area contributed by atoms with Crippen LogP contribution in [0.5, 0.6) is 0 Å². The molecule has 1 saturated heterocycles. The van der Waals surface area contributed by atoms with Crippen molar-refractivity contribution in [2.24, 2.45) is 5.10 Å². The van der Waals surface area contributed by atoms with Crippen LogP contribution in [0.1, 0.15) is 30.6 Å². The molecular formula is C13H18BrN3OS. The third-order valence-electron chi connectivity index (χ3n) is 3.04. The lowest BCUT2D eigenvalue weighted by molar-refractivity contribution is -0.122. The fourth-order valence-corrected chi connectivity index (χ4v) is 3.39. The quantitative estimate of drug-likeness (QED) is 0.674. The van der Waals surface area contributed by atoms with Gasteiger partial charge in [0.1, 0.15) is 0 Å². The van der Waals surface area contributed by atoms with Crippen LogP contribution in [0, 0.1) is 0 Å². The standard InChI is InChI=1S/C13H18BrN3OS/c14-12-6-5-11(19-12)9-15-16-13(18)10-17-7-3-1-2-4-8-17/h5-6,9H,1-4,7-8,10H2,(H,16,18). The second-order valence-electron chi connectivity index (χ2n) is 4.63. The number of hydrogen-bond acceptors (Lipinski definition) is 4. The van der Waals surface area contributed by atoms with E-state index in [1.165, 1.54) is 25.7 Å². The van der Waals surface area contributed by atoms with Crippen LogP contribution in [-0.2, 0) is 4.79 Å². The summed E-state index contributed by atoms with van der Waals surface area (Å²) in [5, 5.41) is 3.98. The SMILES string of the molecule is O=C(CN1CCCCCC1)NN=Cc1ccc(Br)s1. The summed E-state index contributed by atoms with van der Waals surface area (Å²) >= 11 is 4.97. The predicted octanol–water partition coefficient (Wildman–Crippen LogP) is 2.84. The maximum absolute atomic E-state index is 11.7. The average Bonchev–Trinajstić information content (AvgIpc) is 2.63. The number of hydrogen-bond donors (Lipinski definition) is 1. The molecule has 1 fully saturated rings. The van der Waals surface area contributed by atoms with Crippen molar-refractivity contribution in [3.63, 3.8) is 0 Å². The largest absolute Gasteiger partial charge is 0.294 e. The highest BCUT2D eigenvalue weighted by Crippen LogP contribution is 2.20. The predicted molar refractivity (Wildman–Crippen MR) is 82.7 cm³/mol. The van der Waals surface area contributed by atoms with Crippen LogP contribution in [0.3, 0.4) is 0 Å². The van der Waals surface area contributed by atoms with Crippen LogP contribution in [0.4, 0.5) is 0 Å². The van der Waals surface area contributed by atoms with E-state index in [4.69, 9.17) is 0 Å². The highest BCUT2D eigenvalue weighted by molar-refractivity contribution is 9.11. The molecule has 0 spiro atoms. The first kappa shape index (κ1) is 14.7. The van der Waals surface area contributed by atoms with Crippen molar-refractivity contribution in [3.05, 3.63) is 20.8 Å². The van der Waals surface area contributed by atoms with Crippen LogP contribution >= 0.6 is 27.3 Å². The lowest BCUT2D eigenvalue weighted by atomic mass is 10.2. The van der Waals surface area contributed by atoms with Crippen molar-refractivity contribution in [1.82, 2.24) is 10.3 Å². The van der Waals surface area contributed by atoms with E-state index >= 15 is 0 Å². The van der Waals surface area contributed by atoms with Gasteiger partial charge in [0.15, 0.2) is 0 Å². The molecule has 0 aromatic carbocycles. The van der Waals surface area contributed by atoms with E-state index < -0.39 is 0 Å². The van der Waals surface area contributed by atoms with E-state index in [0.717, 1.165) is 21.8 Å². The van der Waals surface area contributed by atoms with Gasteiger partial charge in [-0.25, -0.2) is 5.43 Å². The number of likely N-dealkylation sites (tertiary alicyclic amines) is 1. The topological polar surface area (TPSA) is 44.7 Å². The van der Waals surface area contributed by atoms with Gasteiger partial charge in [0.05, 0.1) is 16.5 Å². The summed E-state index contributed by atoms with van der Waals surface area (Å²) in [7, 11) is 0. The highest BCUT2D eigenvalue weighted by Gasteiger charge is 2.12. The van der Waals surface area contributed by atoms with Gasteiger partial charge >= 0.3 is 0 Å². The molecule has 1 N–H and O–H groups in total. The second-order valence-corrected chi connectivity index (χ2v) is 7.12. The Balaban J connectivity index is 1.73. The van der Waals surface area contributed by atoms with Gasteiger partial charge in [-0.3, -0.25) is 9.69 Å². The lowest BCUT2D eigenvalue weighted by Crippen LogP contribution is -2.35. The molecule has 1 aromatic rings. The van der Waals surface area contributed by atoms with E-state index in [1.54, 1.807) is 17.6 Å². The first-order chi connectivity index (χ1) is 9.24. The van der Waals surface area contributed by atoms with Crippen molar-refractivity contribution >= 4 is 39.4 Å². The van der Waals surface area contributed by atoms with E-state index in [2.05, 4.69) is 31.4 Å². The van der Waals surface area contributed by atoms with Crippen LogP contribution in [0.15, 0.2) is 21.0 Å². The van der Waals surface area contributed by atoms with Crippen molar-refractivity contribution in [2.75, 3.05) is 19.6 Å². The lowest BCUT2D eigenvalue weighted by Gasteiger charge is -2.17. The summed E-state index contributed by atoms with van der Waals surface area (Å²) in [5.74, 6) is -0.0335. The molecule has 104 valence electrons. The zero-order chi connectivity index (χ0) is 13.5. The Morgan fingerprint density at radius 3 is 2.74 bits per heavy atom. The number of amides is 1. The molecule has 0 saturated carbocycles. The number of halogens is 1. The molecular weight excluding hydrogens is 326 g/mol. The number of hydrazone groups is 1. The van der Waals surface area contributed by atoms with E-state index in [1.807, 2.05) is 12.1 Å². The summed E-state index contributed by atoms with van der Waals surface area (Å²) in [6.07, 6.45) is 6.63. The molecule has 6 heteroatoms. The van der Waals surface area contributed by atoms with Crippen LogP contribution in [-0.4, -0.2) is 36.7 Å². The summed E-state index contributed by atoms with van der Waals surface area (Å²) in [6, 6.07) is 3.92. The molecule has 0 bridgehead atoms. The Morgan fingerprint density at radius 2 is 2.11 bits per heavy atom. The van der Waals surface area contributed by atoms with Gasteiger partial charge in [0, 0.05) is 4.88 Å². The van der Waals surface area contributed by atoms with Gasteiger partial charge in [-0.1, -0.05) is 12.8 Å². The second kappa shape index (κ2) is 7.77. The summed E-state index contributed by atoms with van der Waals surface area (Å²) < 4.78 is 1.06. The zero-order valence-corrected chi connectivity index (χ0v) is 13.2. The van der Waals surface area contributed by atoms with Gasteiger partial charge in [-0.2, -0.15) is 5.10 Å². The molecule has 19 heavy (non-hydrogen) atoms. The number of thiophene rings is 1. The molecule has 1 aliphatic rings. The Kier molecular flexibility index (Phi) is 6.00. The fourth-order valence-electron chi connectivity index (χ4n) is 2.10. The smallest absolute Gasteiger partial charge is 0.254 e. The van der Waals surface area contributed by atoms with Gasteiger partial charge < -0.3 is 0 Å². The molecule has 1 amide bonds. The monoisotopic (exact) mass is 343 g/mol. The Hall–Kier alpha value is -0.720. The minimum absolute atomic E-state index is 0.0335. The maximum atomic E-state index is 11.7.